The van der Waals surface area contributed by atoms with Crippen molar-refractivity contribution in [1.29, 1.82) is 0 Å². The van der Waals surface area contributed by atoms with E-state index in [9.17, 15) is 21.6 Å². The predicted octanol–water partition coefficient (Wildman–Crippen LogP) is 2.34. The van der Waals surface area contributed by atoms with Crippen LogP contribution in [0.25, 0.3) is 5.57 Å². The lowest BCUT2D eigenvalue weighted by Gasteiger charge is -2.08. The largest absolute Gasteiger partial charge is 0.534 e. The number of hydrogen-bond acceptors (Lipinski definition) is 4. The molecule has 4 nitrogen and oxygen atoms in total. The van der Waals surface area contributed by atoms with E-state index in [2.05, 4.69) is 15.7 Å². The van der Waals surface area contributed by atoms with Gasteiger partial charge in [0, 0.05) is 12.3 Å². The lowest BCUT2D eigenvalue weighted by molar-refractivity contribution is -0.0501. The van der Waals surface area contributed by atoms with Gasteiger partial charge in [-0.05, 0) is 24.1 Å². The quantitative estimate of drug-likeness (QED) is 0.623. The highest BCUT2D eigenvalue weighted by atomic mass is 32.2. The fourth-order valence-corrected chi connectivity index (χ4v) is 1.26. The van der Waals surface area contributed by atoms with E-state index >= 15 is 0 Å². The Bertz CT molecular complexity index is 519. The van der Waals surface area contributed by atoms with Crippen LogP contribution in [0, 0.1) is 0 Å². The Balaban J connectivity index is 2.95. The van der Waals surface area contributed by atoms with Gasteiger partial charge in [0.25, 0.3) is 0 Å². The Morgan fingerprint density at radius 1 is 1.41 bits per heavy atom. The van der Waals surface area contributed by atoms with Crippen molar-refractivity contribution < 1.29 is 25.8 Å². The number of pyridine rings is 1. The maximum Gasteiger partial charge on any atom is 0.534 e. The van der Waals surface area contributed by atoms with Gasteiger partial charge in [0.15, 0.2) is 0 Å². The molecule has 0 aliphatic heterocycles. The molecule has 0 aliphatic rings. The van der Waals surface area contributed by atoms with Crippen LogP contribution >= 0.6 is 0 Å². The third kappa shape index (κ3) is 3.19. The molecule has 17 heavy (non-hydrogen) atoms. The highest BCUT2D eigenvalue weighted by molar-refractivity contribution is 7.87. The van der Waals surface area contributed by atoms with E-state index in [1.807, 2.05) is 0 Å². The SMILES string of the molecule is C=C(C)c1ccc(OS(=O)(=O)C(F)(F)F)nc1. The van der Waals surface area contributed by atoms with Crippen LogP contribution in [-0.2, 0) is 10.1 Å². The number of rotatable bonds is 3. The minimum absolute atomic E-state index is 0.571. The second kappa shape index (κ2) is 4.36. The number of alkyl halides is 3. The van der Waals surface area contributed by atoms with Gasteiger partial charge in [-0.2, -0.15) is 21.6 Å². The van der Waals surface area contributed by atoms with Gasteiger partial charge in [0.1, 0.15) is 0 Å². The molecule has 0 saturated heterocycles. The molecule has 1 aromatic rings. The Kier molecular flexibility index (Phi) is 3.46. The van der Waals surface area contributed by atoms with E-state index in [1.165, 1.54) is 12.3 Å². The maximum absolute atomic E-state index is 12.0. The van der Waals surface area contributed by atoms with Crippen LogP contribution in [-0.4, -0.2) is 18.9 Å². The number of allylic oxidation sites excluding steroid dienone is 1. The average Bonchev–Trinajstić information content (AvgIpc) is 2.16. The second-order valence-corrected chi connectivity index (χ2v) is 4.69. The van der Waals surface area contributed by atoms with Crippen molar-refractivity contribution in [3.05, 3.63) is 30.5 Å². The molecule has 0 amide bonds. The highest BCUT2D eigenvalue weighted by Gasteiger charge is 2.48. The number of aromatic nitrogens is 1. The summed E-state index contributed by atoms with van der Waals surface area (Å²) in [6, 6.07) is 2.38. The molecule has 0 N–H and O–H groups in total. The van der Waals surface area contributed by atoms with Gasteiger partial charge >= 0.3 is 15.6 Å². The van der Waals surface area contributed by atoms with Crippen LogP contribution in [0.5, 0.6) is 5.88 Å². The summed E-state index contributed by atoms with van der Waals surface area (Å²) in [4.78, 5) is 3.44. The molecule has 0 aromatic carbocycles. The van der Waals surface area contributed by atoms with Crippen LogP contribution < -0.4 is 4.18 Å². The molecule has 1 heterocycles. The van der Waals surface area contributed by atoms with Crippen molar-refractivity contribution in [2.45, 2.75) is 12.4 Å². The van der Waals surface area contributed by atoms with Crippen LogP contribution in [0.1, 0.15) is 12.5 Å². The van der Waals surface area contributed by atoms with Crippen molar-refractivity contribution in [1.82, 2.24) is 4.98 Å². The smallest absolute Gasteiger partial charge is 0.355 e. The molecule has 1 rings (SSSR count). The van der Waals surface area contributed by atoms with Crippen molar-refractivity contribution >= 4 is 15.7 Å². The van der Waals surface area contributed by atoms with Gasteiger partial charge < -0.3 is 4.18 Å². The summed E-state index contributed by atoms with van der Waals surface area (Å²) < 4.78 is 61.0. The molecule has 0 fully saturated rings. The molecular weight excluding hydrogens is 259 g/mol. The Morgan fingerprint density at radius 3 is 2.35 bits per heavy atom. The first-order chi connectivity index (χ1) is 7.63. The van der Waals surface area contributed by atoms with E-state index in [0.29, 0.717) is 11.1 Å². The average molecular weight is 267 g/mol. The van der Waals surface area contributed by atoms with Crippen LogP contribution in [0.3, 0.4) is 0 Å². The van der Waals surface area contributed by atoms with Crippen molar-refractivity contribution in [2.24, 2.45) is 0 Å². The van der Waals surface area contributed by atoms with E-state index < -0.39 is 21.5 Å². The third-order valence-electron chi connectivity index (χ3n) is 1.71. The zero-order valence-corrected chi connectivity index (χ0v) is 9.47. The maximum atomic E-state index is 12.0. The highest BCUT2D eigenvalue weighted by Crippen LogP contribution is 2.26. The molecule has 0 unspecified atom stereocenters. The normalized spacial score (nSPS) is 12.2. The lowest BCUT2D eigenvalue weighted by Crippen LogP contribution is -2.28. The van der Waals surface area contributed by atoms with Crippen LogP contribution in [0.15, 0.2) is 24.9 Å². The monoisotopic (exact) mass is 267 g/mol. The molecule has 0 bridgehead atoms. The summed E-state index contributed by atoms with van der Waals surface area (Å²) in [5.74, 6) is -0.646. The summed E-state index contributed by atoms with van der Waals surface area (Å²) in [6.07, 6.45) is 1.17. The standard InChI is InChI=1S/C9H8F3NO3S/c1-6(2)7-3-4-8(13-5-7)16-17(14,15)9(10,11)12/h3-5H,1H2,2H3. The predicted molar refractivity (Wildman–Crippen MR) is 54.5 cm³/mol. The number of nitrogens with zero attached hydrogens (tertiary/aromatic N) is 1. The van der Waals surface area contributed by atoms with Gasteiger partial charge in [-0.3, -0.25) is 0 Å². The third-order valence-corrected chi connectivity index (χ3v) is 2.66. The molecule has 0 atom stereocenters. The number of halogens is 3. The first-order valence-corrected chi connectivity index (χ1v) is 5.67. The number of hydrogen-bond donors (Lipinski definition) is 0. The molecule has 8 heteroatoms. The summed E-state index contributed by atoms with van der Waals surface area (Å²) >= 11 is 0. The van der Waals surface area contributed by atoms with Crippen molar-refractivity contribution in [2.75, 3.05) is 0 Å². The molecule has 94 valence electrons. The first kappa shape index (κ1) is 13.5. The fourth-order valence-electron chi connectivity index (χ4n) is 0.842. The van der Waals surface area contributed by atoms with Crippen molar-refractivity contribution in [3.8, 4) is 5.88 Å². The van der Waals surface area contributed by atoms with Crippen LogP contribution in [0.4, 0.5) is 13.2 Å². The molecular formula is C9H8F3NO3S. The lowest BCUT2D eigenvalue weighted by atomic mass is 10.2. The fraction of sp³-hybridized carbons (Fsp3) is 0.222. The van der Waals surface area contributed by atoms with E-state index in [4.69, 9.17) is 0 Å². The van der Waals surface area contributed by atoms with Crippen LogP contribution in [0.2, 0.25) is 0 Å². The summed E-state index contributed by atoms with van der Waals surface area (Å²) in [5.41, 5.74) is -4.26. The Morgan fingerprint density at radius 2 is 2.00 bits per heavy atom. The topological polar surface area (TPSA) is 56.3 Å². The minimum Gasteiger partial charge on any atom is -0.355 e. The molecule has 0 aliphatic carbocycles. The van der Waals surface area contributed by atoms with E-state index in [0.717, 1.165) is 6.07 Å². The molecule has 0 spiro atoms. The Hall–Kier alpha value is -1.57. The minimum atomic E-state index is -5.67. The second-order valence-electron chi connectivity index (χ2n) is 3.15. The Labute approximate surface area is 95.9 Å². The van der Waals surface area contributed by atoms with E-state index in [-0.39, 0.29) is 0 Å². The summed E-state index contributed by atoms with van der Waals surface area (Å²) in [6.45, 7) is 5.26. The molecule has 0 radical (unpaired) electrons. The first-order valence-electron chi connectivity index (χ1n) is 4.26. The summed E-state index contributed by atoms with van der Waals surface area (Å²) in [5, 5.41) is 0. The van der Waals surface area contributed by atoms with Gasteiger partial charge in [-0.15, -0.1) is 0 Å². The van der Waals surface area contributed by atoms with Gasteiger partial charge in [-0.1, -0.05) is 6.58 Å². The van der Waals surface area contributed by atoms with Gasteiger partial charge in [0.2, 0.25) is 5.88 Å². The van der Waals surface area contributed by atoms with Crippen molar-refractivity contribution in [3.63, 3.8) is 0 Å². The zero-order valence-electron chi connectivity index (χ0n) is 8.65. The summed E-state index contributed by atoms with van der Waals surface area (Å²) in [7, 11) is -5.67. The molecule has 0 saturated carbocycles. The molecule has 1 aromatic heterocycles. The van der Waals surface area contributed by atoms with Gasteiger partial charge in [0.05, 0.1) is 0 Å². The zero-order chi connectivity index (χ0) is 13.3. The van der Waals surface area contributed by atoms with Gasteiger partial charge in [-0.25, -0.2) is 4.98 Å². The van der Waals surface area contributed by atoms with E-state index in [1.54, 1.807) is 6.92 Å².